The molecule has 2 amide bonds. The van der Waals surface area contributed by atoms with Gasteiger partial charge in [0.25, 0.3) is 0 Å². The fourth-order valence-electron chi connectivity index (χ4n) is 3.03. The Bertz CT molecular complexity index is 577. The first-order chi connectivity index (χ1) is 10.5. The van der Waals surface area contributed by atoms with Crippen LogP contribution >= 0.6 is 0 Å². The summed E-state index contributed by atoms with van der Waals surface area (Å²) in [6.45, 7) is 5.42. The summed E-state index contributed by atoms with van der Waals surface area (Å²) < 4.78 is 1.74. The summed E-state index contributed by atoms with van der Waals surface area (Å²) in [7, 11) is 0. The first-order valence-corrected chi connectivity index (χ1v) is 8.12. The standard InChI is InChI=1S/C16H24N4O2/c1-11-8-12(2)20(18-11)10-15(21)19-7-3-4-13(9-19)16(22)17-14-5-6-14/h8,13-14H,3-7,9-10H2,1-2H3,(H,17,22). The Morgan fingerprint density at radius 1 is 1.32 bits per heavy atom. The molecule has 3 rings (SSSR count). The lowest BCUT2D eigenvalue weighted by atomic mass is 9.97. The van der Waals surface area contributed by atoms with Crippen LogP contribution in [0.4, 0.5) is 0 Å². The highest BCUT2D eigenvalue weighted by atomic mass is 16.2. The van der Waals surface area contributed by atoms with Crippen LogP contribution in [0.25, 0.3) is 0 Å². The molecular weight excluding hydrogens is 280 g/mol. The molecule has 2 fully saturated rings. The smallest absolute Gasteiger partial charge is 0.244 e. The molecule has 0 spiro atoms. The highest BCUT2D eigenvalue weighted by Gasteiger charge is 2.31. The Labute approximate surface area is 130 Å². The molecule has 2 heterocycles. The third-order valence-corrected chi connectivity index (χ3v) is 4.46. The molecule has 120 valence electrons. The van der Waals surface area contributed by atoms with Gasteiger partial charge in [-0.05, 0) is 45.6 Å². The SMILES string of the molecule is Cc1cc(C)n(CC(=O)N2CCCC(C(=O)NC3CC3)C2)n1. The van der Waals surface area contributed by atoms with Crippen LogP contribution in [0.3, 0.4) is 0 Å². The van der Waals surface area contributed by atoms with Crippen LogP contribution in [0.2, 0.25) is 0 Å². The zero-order chi connectivity index (χ0) is 15.7. The summed E-state index contributed by atoms with van der Waals surface area (Å²) in [6.07, 6.45) is 3.96. The van der Waals surface area contributed by atoms with Crippen molar-refractivity contribution < 1.29 is 9.59 Å². The van der Waals surface area contributed by atoms with Crippen molar-refractivity contribution in [3.05, 3.63) is 17.5 Å². The summed E-state index contributed by atoms with van der Waals surface area (Å²) in [5.41, 5.74) is 1.91. The van der Waals surface area contributed by atoms with E-state index < -0.39 is 0 Å². The van der Waals surface area contributed by atoms with Crippen molar-refractivity contribution in [3.8, 4) is 0 Å². The highest BCUT2D eigenvalue weighted by molar-refractivity contribution is 5.81. The van der Waals surface area contributed by atoms with Gasteiger partial charge in [-0.3, -0.25) is 14.3 Å². The van der Waals surface area contributed by atoms with E-state index >= 15 is 0 Å². The molecule has 1 aromatic heterocycles. The van der Waals surface area contributed by atoms with Crippen LogP contribution < -0.4 is 5.32 Å². The molecule has 6 nitrogen and oxygen atoms in total. The number of nitrogens with one attached hydrogen (secondary N) is 1. The second-order valence-corrected chi connectivity index (χ2v) is 6.55. The van der Waals surface area contributed by atoms with E-state index in [0.717, 1.165) is 43.6 Å². The van der Waals surface area contributed by atoms with Crippen molar-refractivity contribution in [1.29, 1.82) is 0 Å². The number of aromatic nitrogens is 2. The van der Waals surface area contributed by atoms with Gasteiger partial charge >= 0.3 is 0 Å². The van der Waals surface area contributed by atoms with Crippen molar-refractivity contribution in [1.82, 2.24) is 20.0 Å². The second-order valence-electron chi connectivity index (χ2n) is 6.55. The number of carbonyl (C=O) groups excluding carboxylic acids is 2. The highest BCUT2D eigenvalue weighted by Crippen LogP contribution is 2.22. The Kier molecular flexibility index (Phi) is 4.18. The maximum absolute atomic E-state index is 12.5. The molecule has 1 aliphatic carbocycles. The van der Waals surface area contributed by atoms with Crippen LogP contribution in [0.15, 0.2) is 6.07 Å². The van der Waals surface area contributed by atoms with Gasteiger partial charge in [0.15, 0.2) is 0 Å². The van der Waals surface area contributed by atoms with Gasteiger partial charge in [0.2, 0.25) is 11.8 Å². The van der Waals surface area contributed by atoms with E-state index in [1.54, 1.807) is 4.68 Å². The fraction of sp³-hybridized carbons (Fsp3) is 0.688. The molecule has 1 saturated heterocycles. The molecular formula is C16H24N4O2. The summed E-state index contributed by atoms with van der Waals surface area (Å²) in [4.78, 5) is 26.4. The predicted molar refractivity (Wildman–Crippen MR) is 82.2 cm³/mol. The van der Waals surface area contributed by atoms with E-state index in [0.29, 0.717) is 12.6 Å². The lowest BCUT2D eigenvalue weighted by Gasteiger charge is -2.32. The molecule has 1 aromatic rings. The van der Waals surface area contributed by atoms with Crippen LogP contribution in [0.5, 0.6) is 0 Å². The Balaban J connectivity index is 1.57. The molecule has 1 saturated carbocycles. The number of likely N-dealkylation sites (tertiary alicyclic amines) is 1. The lowest BCUT2D eigenvalue weighted by Crippen LogP contribution is -2.46. The topological polar surface area (TPSA) is 67.2 Å². The molecule has 1 aliphatic heterocycles. The number of piperidine rings is 1. The normalized spacial score (nSPS) is 21.7. The minimum absolute atomic E-state index is 0.0510. The number of carbonyl (C=O) groups is 2. The molecule has 1 unspecified atom stereocenters. The first kappa shape index (κ1) is 15.1. The Morgan fingerprint density at radius 3 is 2.73 bits per heavy atom. The maximum atomic E-state index is 12.5. The summed E-state index contributed by atoms with van der Waals surface area (Å²) in [5, 5.41) is 7.39. The van der Waals surface area contributed by atoms with Gasteiger partial charge in [-0.1, -0.05) is 0 Å². The van der Waals surface area contributed by atoms with E-state index in [9.17, 15) is 9.59 Å². The average molecular weight is 304 g/mol. The Morgan fingerprint density at radius 2 is 2.09 bits per heavy atom. The van der Waals surface area contributed by atoms with Crippen molar-refractivity contribution in [2.75, 3.05) is 13.1 Å². The van der Waals surface area contributed by atoms with Crippen LogP contribution in [0.1, 0.15) is 37.1 Å². The van der Waals surface area contributed by atoms with Gasteiger partial charge in [0.1, 0.15) is 6.54 Å². The van der Waals surface area contributed by atoms with Gasteiger partial charge in [0.05, 0.1) is 11.6 Å². The summed E-state index contributed by atoms with van der Waals surface area (Å²) >= 11 is 0. The molecule has 2 aliphatic rings. The molecule has 1 atom stereocenters. The van der Waals surface area contributed by atoms with Crippen LogP contribution in [-0.2, 0) is 16.1 Å². The third kappa shape index (κ3) is 3.48. The number of hydrogen-bond donors (Lipinski definition) is 1. The molecule has 0 bridgehead atoms. The average Bonchev–Trinajstić information content (AvgIpc) is 3.24. The molecule has 0 radical (unpaired) electrons. The third-order valence-electron chi connectivity index (χ3n) is 4.46. The number of hydrogen-bond acceptors (Lipinski definition) is 3. The Hall–Kier alpha value is -1.85. The first-order valence-electron chi connectivity index (χ1n) is 8.12. The number of aryl methyl sites for hydroxylation is 2. The molecule has 6 heteroatoms. The summed E-state index contributed by atoms with van der Waals surface area (Å²) in [6, 6.07) is 2.35. The molecule has 0 aromatic carbocycles. The summed E-state index contributed by atoms with van der Waals surface area (Å²) in [5.74, 6) is 0.111. The van der Waals surface area contributed by atoms with E-state index in [-0.39, 0.29) is 24.3 Å². The van der Waals surface area contributed by atoms with Gasteiger partial charge < -0.3 is 10.2 Å². The van der Waals surface area contributed by atoms with Crippen molar-refractivity contribution in [2.45, 2.75) is 52.1 Å². The van der Waals surface area contributed by atoms with E-state index in [1.165, 1.54) is 0 Å². The minimum Gasteiger partial charge on any atom is -0.353 e. The number of amides is 2. The van der Waals surface area contributed by atoms with Crippen LogP contribution in [-0.4, -0.2) is 45.6 Å². The van der Waals surface area contributed by atoms with E-state index in [1.807, 2.05) is 24.8 Å². The lowest BCUT2D eigenvalue weighted by molar-refractivity contribution is -0.136. The number of rotatable bonds is 4. The fourth-order valence-corrected chi connectivity index (χ4v) is 3.03. The largest absolute Gasteiger partial charge is 0.353 e. The monoisotopic (exact) mass is 304 g/mol. The van der Waals surface area contributed by atoms with E-state index in [4.69, 9.17) is 0 Å². The van der Waals surface area contributed by atoms with Crippen molar-refractivity contribution in [2.24, 2.45) is 5.92 Å². The second kappa shape index (κ2) is 6.10. The van der Waals surface area contributed by atoms with Crippen LogP contribution in [0, 0.1) is 19.8 Å². The van der Waals surface area contributed by atoms with Crippen molar-refractivity contribution >= 4 is 11.8 Å². The zero-order valence-corrected chi connectivity index (χ0v) is 13.3. The van der Waals surface area contributed by atoms with Gasteiger partial charge in [-0.2, -0.15) is 5.10 Å². The minimum atomic E-state index is -0.0567. The zero-order valence-electron chi connectivity index (χ0n) is 13.3. The molecule has 1 N–H and O–H groups in total. The predicted octanol–water partition coefficient (Wildman–Crippen LogP) is 1.02. The maximum Gasteiger partial charge on any atom is 0.244 e. The van der Waals surface area contributed by atoms with E-state index in [2.05, 4.69) is 10.4 Å². The van der Waals surface area contributed by atoms with Gasteiger partial charge in [-0.25, -0.2) is 0 Å². The quantitative estimate of drug-likeness (QED) is 0.903. The molecule has 22 heavy (non-hydrogen) atoms. The number of nitrogens with zero attached hydrogens (tertiary/aromatic N) is 3. The van der Waals surface area contributed by atoms with Gasteiger partial charge in [-0.15, -0.1) is 0 Å². The van der Waals surface area contributed by atoms with Crippen molar-refractivity contribution in [3.63, 3.8) is 0 Å². The van der Waals surface area contributed by atoms with Gasteiger partial charge in [0, 0.05) is 24.8 Å².